The first-order valence-corrected chi connectivity index (χ1v) is 5.02. The van der Waals surface area contributed by atoms with Crippen molar-refractivity contribution in [3.05, 3.63) is 18.2 Å². The van der Waals surface area contributed by atoms with Crippen LogP contribution in [0, 0.1) is 0 Å². The van der Waals surface area contributed by atoms with Crippen molar-refractivity contribution in [1.29, 1.82) is 0 Å². The van der Waals surface area contributed by atoms with E-state index in [0.29, 0.717) is 6.04 Å². The molecule has 0 aliphatic heterocycles. The minimum atomic E-state index is -0.394. The van der Waals surface area contributed by atoms with Crippen LogP contribution in [0.2, 0.25) is 0 Å². The third kappa shape index (κ3) is 2.18. The van der Waals surface area contributed by atoms with E-state index < -0.39 is 6.04 Å². The summed E-state index contributed by atoms with van der Waals surface area (Å²) in [4.78, 5) is 15.6. The molecule has 5 heteroatoms. The Morgan fingerprint density at radius 2 is 2.47 bits per heavy atom. The zero-order valence-electron chi connectivity index (χ0n) is 8.93. The molecule has 1 aromatic rings. The number of hydrogen-bond donors (Lipinski definition) is 1. The predicted octanol–water partition coefficient (Wildman–Crippen LogP) is 0.386. The summed E-state index contributed by atoms with van der Waals surface area (Å²) in [6.45, 7) is 0. The number of aromatic nitrogens is 2. The number of carbonyl (C=O) groups is 1. The normalized spacial score (nSPS) is 17.5. The summed E-state index contributed by atoms with van der Waals surface area (Å²) in [6, 6.07) is 0.0546. The van der Waals surface area contributed by atoms with Crippen LogP contribution in [-0.2, 0) is 16.6 Å². The van der Waals surface area contributed by atoms with Gasteiger partial charge >= 0.3 is 5.97 Å². The molecule has 0 aromatic carbocycles. The summed E-state index contributed by atoms with van der Waals surface area (Å²) < 4.78 is 6.61. The van der Waals surface area contributed by atoms with E-state index in [9.17, 15) is 4.79 Å². The number of nitrogens with zero attached hydrogens (tertiary/aromatic N) is 2. The molecule has 1 aliphatic rings. The molecule has 1 aliphatic carbocycles. The number of imidazole rings is 1. The van der Waals surface area contributed by atoms with Gasteiger partial charge in [-0.15, -0.1) is 0 Å². The lowest BCUT2D eigenvalue weighted by Gasteiger charge is -2.16. The maximum Gasteiger partial charge on any atom is 0.329 e. The van der Waals surface area contributed by atoms with E-state index in [-0.39, 0.29) is 5.97 Å². The van der Waals surface area contributed by atoms with E-state index in [2.05, 4.69) is 10.3 Å². The summed E-state index contributed by atoms with van der Waals surface area (Å²) in [6.07, 6.45) is 5.63. The highest BCUT2D eigenvalue weighted by Gasteiger charge is 2.31. The third-order valence-corrected chi connectivity index (χ3v) is 2.57. The van der Waals surface area contributed by atoms with Crippen LogP contribution in [-0.4, -0.2) is 28.7 Å². The van der Waals surface area contributed by atoms with Crippen LogP contribution in [0.5, 0.6) is 0 Å². The summed E-state index contributed by atoms with van der Waals surface area (Å²) in [5.74, 6) is -0.259. The fourth-order valence-electron chi connectivity index (χ4n) is 1.52. The van der Waals surface area contributed by atoms with Gasteiger partial charge in [-0.1, -0.05) is 0 Å². The number of aryl methyl sites for hydroxylation is 1. The van der Waals surface area contributed by atoms with E-state index in [1.165, 1.54) is 7.11 Å². The Morgan fingerprint density at radius 3 is 2.93 bits per heavy atom. The Kier molecular flexibility index (Phi) is 2.73. The van der Waals surface area contributed by atoms with Gasteiger partial charge in [0, 0.05) is 13.1 Å². The SMILES string of the molecule is COC(=O)C(NC1CC1)c1cncn1C. The fraction of sp³-hybridized carbons (Fsp3) is 0.600. The van der Waals surface area contributed by atoms with Gasteiger partial charge in [-0.25, -0.2) is 9.78 Å². The number of nitrogens with one attached hydrogen (secondary N) is 1. The van der Waals surface area contributed by atoms with Crippen LogP contribution in [0.15, 0.2) is 12.5 Å². The zero-order chi connectivity index (χ0) is 10.8. The highest BCUT2D eigenvalue weighted by atomic mass is 16.5. The van der Waals surface area contributed by atoms with Crippen LogP contribution in [0.1, 0.15) is 24.6 Å². The Balaban J connectivity index is 2.16. The van der Waals surface area contributed by atoms with Gasteiger partial charge in [-0.2, -0.15) is 0 Å². The number of ether oxygens (including phenoxy) is 1. The lowest BCUT2D eigenvalue weighted by Crippen LogP contribution is -2.32. The number of esters is 1. The molecule has 1 aromatic heterocycles. The van der Waals surface area contributed by atoms with Crippen molar-refractivity contribution in [2.45, 2.75) is 24.9 Å². The summed E-state index contributed by atoms with van der Waals surface area (Å²) >= 11 is 0. The molecule has 1 atom stereocenters. The van der Waals surface area contributed by atoms with Crippen LogP contribution < -0.4 is 5.32 Å². The van der Waals surface area contributed by atoms with Gasteiger partial charge in [0.15, 0.2) is 0 Å². The minimum absolute atomic E-state index is 0.259. The summed E-state index contributed by atoms with van der Waals surface area (Å²) in [5, 5.41) is 3.25. The van der Waals surface area contributed by atoms with Crippen molar-refractivity contribution in [2.75, 3.05) is 7.11 Å². The molecule has 1 N–H and O–H groups in total. The molecule has 1 fully saturated rings. The Hall–Kier alpha value is -1.36. The van der Waals surface area contributed by atoms with E-state index >= 15 is 0 Å². The minimum Gasteiger partial charge on any atom is -0.468 e. The maximum absolute atomic E-state index is 11.6. The number of carbonyl (C=O) groups excluding carboxylic acids is 1. The summed E-state index contributed by atoms with van der Waals surface area (Å²) in [7, 11) is 3.27. The number of methoxy groups -OCH3 is 1. The van der Waals surface area contributed by atoms with Crippen molar-refractivity contribution >= 4 is 5.97 Å². The molecule has 0 spiro atoms. The molecule has 1 heterocycles. The predicted molar refractivity (Wildman–Crippen MR) is 54.1 cm³/mol. The molecular formula is C10H15N3O2. The lowest BCUT2D eigenvalue weighted by atomic mass is 10.2. The second kappa shape index (κ2) is 4.02. The quantitative estimate of drug-likeness (QED) is 0.729. The molecule has 0 radical (unpaired) electrons. The van der Waals surface area contributed by atoms with Gasteiger partial charge in [-0.05, 0) is 12.8 Å². The van der Waals surface area contributed by atoms with Gasteiger partial charge in [0.2, 0.25) is 0 Å². The largest absolute Gasteiger partial charge is 0.468 e. The highest BCUT2D eigenvalue weighted by molar-refractivity contribution is 5.77. The lowest BCUT2D eigenvalue weighted by molar-refractivity contribution is -0.143. The first-order chi connectivity index (χ1) is 7.22. The molecule has 1 saturated carbocycles. The Labute approximate surface area is 88.4 Å². The standard InChI is InChI=1S/C10H15N3O2/c1-13-6-11-5-8(13)9(10(14)15-2)12-7-3-4-7/h5-7,9,12H,3-4H2,1-2H3. The average molecular weight is 209 g/mol. The molecule has 1 unspecified atom stereocenters. The van der Waals surface area contributed by atoms with E-state index in [0.717, 1.165) is 18.5 Å². The molecule has 0 bridgehead atoms. The molecule has 2 rings (SSSR count). The fourth-order valence-corrected chi connectivity index (χ4v) is 1.52. The van der Waals surface area contributed by atoms with Crippen LogP contribution >= 0.6 is 0 Å². The van der Waals surface area contributed by atoms with Gasteiger partial charge < -0.3 is 9.30 Å². The van der Waals surface area contributed by atoms with E-state index in [4.69, 9.17) is 4.74 Å². The highest BCUT2D eigenvalue weighted by Crippen LogP contribution is 2.24. The van der Waals surface area contributed by atoms with Crippen LogP contribution in [0.3, 0.4) is 0 Å². The van der Waals surface area contributed by atoms with Crippen molar-refractivity contribution < 1.29 is 9.53 Å². The van der Waals surface area contributed by atoms with Crippen molar-refractivity contribution in [3.8, 4) is 0 Å². The first kappa shape index (κ1) is 10.2. The molecule has 82 valence electrons. The molecule has 0 saturated heterocycles. The molecule has 5 nitrogen and oxygen atoms in total. The van der Waals surface area contributed by atoms with Crippen LogP contribution in [0.25, 0.3) is 0 Å². The maximum atomic E-state index is 11.6. The smallest absolute Gasteiger partial charge is 0.329 e. The third-order valence-electron chi connectivity index (χ3n) is 2.57. The second-order valence-electron chi connectivity index (χ2n) is 3.83. The first-order valence-electron chi connectivity index (χ1n) is 5.02. The van der Waals surface area contributed by atoms with Crippen molar-refractivity contribution in [2.24, 2.45) is 7.05 Å². The second-order valence-corrected chi connectivity index (χ2v) is 3.83. The van der Waals surface area contributed by atoms with Gasteiger partial charge in [0.25, 0.3) is 0 Å². The number of rotatable bonds is 4. The number of hydrogen-bond acceptors (Lipinski definition) is 4. The van der Waals surface area contributed by atoms with Crippen molar-refractivity contribution in [1.82, 2.24) is 14.9 Å². The molecule has 15 heavy (non-hydrogen) atoms. The van der Waals surface area contributed by atoms with E-state index in [1.54, 1.807) is 12.5 Å². The van der Waals surface area contributed by atoms with Gasteiger partial charge in [0.1, 0.15) is 6.04 Å². The Morgan fingerprint density at radius 1 is 1.73 bits per heavy atom. The van der Waals surface area contributed by atoms with Crippen molar-refractivity contribution in [3.63, 3.8) is 0 Å². The monoisotopic (exact) mass is 209 g/mol. The average Bonchev–Trinajstić information content (AvgIpc) is 2.96. The van der Waals surface area contributed by atoms with Crippen LogP contribution in [0.4, 0.5) is 0 Å². The molecule has 0 amide bonds. The van der Waals surface area contributed by atoms with E-state index in [1.807, 2.05) is 11.6 Å². The zero-order valence-corrected chi connectivity index (χ0v) is 8.93. The Bertz CT molecular complexity index is 357. The van der Waals surface area contributed by atoms with Gasteiger partial charge in [-0.3, -0.25) is 5.32 Å². The topological polar surface area (TPSA) is 56.1 Å². The molecular weight excluding hydrogens is 194 g/mol. The summed E-state index contributed by atoms with van der Waals surface area (Å²) in [5.41, 5.74) is 0.841. The van der Waals surface area contributed by atoms with Gasteiger partial charge in [0.05, 0.1) is 25.3 Å².